The third-order valence-electron chi connectivity index (χ3n) is 7.52. The molecule has 1 unspecified atom stereocenters. The van der Waals surface area contributed by atoms with Crippen molar-refractivity contribution in [2.24, 2.45) is 5.92 Å². The fourth-order valence-electron chi connectivity index (χ4n) is 5.35. The number of thioether (sulfide) groups is 1. The molecule has 2 N–H and O–H groups in total. The highest BCUT2D eigenvalue weighted by molar-refractivity contribution is 8.00. The third kappa shape index (κ3) is 6.40. The van der Waals surface area contributed by atoms with Gasteiger partial charge in [0.05, 0.1) is 12.1 Å². The van der Waals surface area contributed by atoms with Gasteiger partial charge in [-0.2, -0.15) is 5.26 Å². The lowest BCUT2D eigenvalue weighted by Crippen LogP contribution is -2.33. The van der Waals surface area contributed by atoms with Crippen molar-refractivity contribution in [3.8, 4) is 6.07 Å². The topological polar surface area (TPSA) is 102 Å². The fourth-order valence-corrected chi connectivity index (χ4v) is 7.65. The second kappa shape index (κ2) is 12.7. The molecule has 3 aromatic rings. The third-order valence-corrected chi connectivity index (χ3v) is 9.90. The number of hydrogen-bond donors (Lipinski definition) is 2. The van der Waals surface area contributed by atoms with Crippen LogP contribution in [0.3, 0.4) is 0 Å². The van der Waals surface area contributed by atoms with Crippen LogP contribution >= 0.6 is 23.1 Å². The molecule has 1 atom stereocenters. The molecule has 2 aliphatic rings. The van der Waals surface area contributed by atoms with E-state index in [0.29, 0.717) is 30.1 Å². The molecule has 5 rings (SSSR count). The van der Waals surface area contributed by atoms with Crippen molar-refractivity contribution in [2.75, 3.05) is 17.2 Å². The normalized spacial score (nSPS) is 15.9. The van der Waals surface area contributed by atoms with E-state index in [1.165, 1.54) is 29.5 Å². The molecule has 0 spiro atoms. The average molecular weight is 573 g/mol. The van der Waals surface area contributed by atoms with Crippen LogP contribution in [0.4, 0.5) is 10.7 Å². The predicted octanol–water partition coefficient (Wildman–Crippen LogP) is 6.52. The Morgan fingerprint density at radius 2 is 1.82 bits per heavy atom. The number of rotatable bonds is 7. The summed E-state index contributed by atoms with van der Waals surface area (Å²) in [7, 11) is 0. The van der Waals surface area contributed by atoms with Gasteiger partial charge in [-0.1, -0.05) is 55.7 Å². The summed E-state index contributed by atoms with van der Waals surface area (Å²) in [5.41, 5.74) is 2.97. The quantitative estimate of drug-likeness (QED) is 0.314. The molecule has 2 aromatic carbocycles. The van der Waals surface area contributed by atoms with Crippen molar-refractivity contribution in [1.29, 1.82) is 5.26 Å². The molecule has 0 radical (unpaired) electrons. The minimum absolute atomic E-state index is 0.000783. The van der Waals surface area contributed by atoms with Crippen molar-refractivity contribution in [3.63, 3.8) is 0 Å². The number of carbonyl (C=O) groups is 3. The van der Waals surface area contributed by atoms with Crippen LogP contribution in [0.1, 0.15) is 65.8 Å². The molecule has 9 heteroatoms. The molecule has 3 amide bonds. The summed E-state index contributed by atoms with van der Waals surface area (Å²) in [4.78, 5) is 42.0. The first-order valence-corrected chi connectivity index (χ1v) is 15.4. The van der Waals surface area contributed by atoms with Crippen molar-refractivity contribution in [2.45, 2.75) is 62.1 Å². The summed E-state index contributed by atoms with van der Waals surface area (Å²) in [5.74, 6) is -0.109. The second-order valence-corrected chi connectivity index (χ2v) is 12.5. The van der Waals surface area contributed by atoms with Gasteiger partial charge in [0.2, 0.25) is 17.7 Å². The smallest absolute Gasteiger partial charge is 0.243 e. The molecule has 1 saturated carbocycles. The van der Waals surface area contributed by atoms with Crippen LogP contribution in [0, 0.1) is 17.2 Å². The lowest BCUT2D eigenvalue weighted by Gasteiger charge is -2.25. The van der Waals surface area contributed by atoms with Crippen LogP contribution < -0.4 is 10.6 Å². The van der Waals surface area contributed by atoms with E-state index in [1.807, 2.05) is 54.6 Å². The average Bonchev–Trinajstić information content (AvgIpc) is 3.33. The van der Waals surface area contributed by atoms with Gasteiger partial charge in [-0.05, 0) is 48.6 Å². The Bertz CT molecular complexity index is 1440. The number of thiophene rings is 1. The highest BCUT2D eigenvalue weighted by Gasteiger charge is 2.29. The fraction of sp³-hybridized carbons (Fsp3) is 0.355. The van der Waals surface area contributed by atoms with E-state index in [0.717, 1.165) is 52.3 Å². The Kier molecular flexibility index (Phi) is 8.88. The van der Waals surface area contributed by atoms with E-state index < -0.39 is 5.25 Å². The Balaban J connectivity index is 1.36. The van der Waals surface area contributed by atoms with Crippen LogP contribution in [0.2, 0.25) is 0 Å². The molecule has 1 aliphatic carbocycles. The molecule has 2 heterocycles. The number of carbonyl (C=O) groups excluding carboxylic acids is 3. The lowest BCUT2D eigenvalue weighted by atomic mass is 9.88. The van der Waals surface area contributed by atoms with E-state index in [9.17, 15) is 19.6 Å². The summed E-state index contributed by atoms with van der Waals surface area (Å²) in [6.07, 6.45) is 5.84. The zero-order chi connectivity index (χ0) is 28.1. The highest BCUT2D eigenvalue weighted by atomic mass is 32.2. The van der Waals surface area contributed by atoms with E-state index in [2.05, 4.69) is 16.7 Å². The SMILES string of the molecule is CC(=O)N1CCc2c(sc(NC(=O)C(Sc3cccc(NC(=O)C4CCCCC4)c3)c3ccccc3)c2C#N)C1. The maximum atomic E-state index is 13.8. The molecular formula is C31H32N4O3S2. The van der Waals surface area contributed by atoms with Crippen LogP contribution in [-0.4, -0.2) is 29.2 Å². The van der Waals surface area contributed by atoms with Crippen LogP contribution in [0.15, 0.2) is 59.5 Å². The molecule has 0 saturated heterocycles. The largest absolute Gasteiger partial charge is 0.337 e. The minimum Gasteiger partial charge on any atom is -0.337 e. The van der Waals surface area contributed by atoms with Gasteiger partial charge in [-0.3, -0.25) is 14.4 Å². The number of hydrogen-bond acceptors (Lipinski definition) is 6. The first-order chi connectivity index (χ1) is 19.4. The molecule has 0 bridgehead atoms. The first kappa shape index (κ1) is 27.9. The maximum absolute atomic E-state index is 13.8. The number of amides is 3. The Morgan fingerprint density at radius 3 is 2.55 bits per heavy atom. The number of benzene rings is 2. The zero-order valence-corrected chi connectivity index (χ0v) is 24.1. The maximum Gasteiger partial charge on any atom is 0.243 e. The molecular weight excluding hydrogens is 541 g/mol. The molecule has 206 valence electrons. The van der Waals surface area contributed by atoms with E-state index in [4.69, 9.17) is 0 Å². The minimum atomic E-state index is -0.579. The Labute approximate surface area is 243 Å². The standard InChI is InChI=1S/C31H32N4O3S2/c1-20(36)35-16-15-25-26(18-32)31(40-27(25)19-35)34-30(38)28(21-9-4-2-5-10-21)39-24-14-8-13-23(17-24)33-29(37)22-11-6-3-7-12-22/h2,4-5,8-10,13-14,17,22,28H,3,6-7,11-12,15-16,19H2,1H3,(H,33,37)(H,34,38). The summed E-state index contributed by atoms with van der Waals surface area (Å²) in [6, 6.07) is 19.4. The van der Waals surface area contributed by atoms with E-state index in [1.54, 1.807) is 11.8 Å². The summed E-state index contributed by atoms with van der Waals surface area (Å²) >= 11 is 2.78. The molecule has 7 nitrogen and oxygen atoms in total. The van der Waals surface area contributed by atoms with Gasteiger partial charge < -0.3 is 15.5 Å². The predicted molar refractivity (Wildman–Crippen MR) is 159 cm³/mol. The van der Waals surface area contributed by atoms with Gasteiger partial charge in [0, 0.05) is 34.8 Å². The summed E-state index contributed by atoms with van der Waals surface area (Å²) in [6.45, 7) is 2.57. The monoisotopic (exact) mass is 572 g/mol. The number of anilines is 2. The van der Waals surface area contributed by atoms with Crippen LogP contribution in [0.25, 0.3) is 0 Å². The van der Waals surface area contributed by atoms with Gasteiger partial charge in [-0.15, -0.1) is 23.1 Å². The van der Waals surface area contributed by atoms with E-state index >= 15 is 0 Å². The Hall–Kier alpha value is -3.61. The van der Waals surface area contributed by atoms with Crippen LogP contribution in [0.5, 0.6) is 0 Å². The first-order valence-electron chi connectivity index (χ1n) is 13.7. The second-order valence-electron chi connectivity index (χ2n) is 10.3. The van der Waals surface area contributed by atoms with Gasteiger partial charge in [0.1, 0.15) is 16.3 Å². The van der Waals surface area contributed by atoms with Crippen molar-refractivity contribution in [1.82, 2.24) is 4.90 Å². The number of nitrogens with one attached hydrogen (secondary N) is 2. The van der Waals surface area contributed by atoms with Gasteiger partial charge in [-0.25, -0.2) is 0 Å². The lowest BCUT2D eigenvalue weighted by molar-refractivity contribution is -0.129. The van der Waals surface area contributed by atoms with E-state index in [-0.39, 0.29) is 23.6 Å². The number of nitrogens with zero attached hydrogens (tertiary/aromatic N) is 2. The zero-order valence-electron chi connectivity index (χ0n) is 22.4. The molecule has 1 aromatic heterocycles. The molecule has 1 fully saturated rings. The van der Waals surface area contributed by atoms with Gasteiger partial charge >= 0.3 is 0 Å². The van der Waals surface area contributed by atoms with Crippen LogP contribution in [-0.2, 0) is 27.3 Å². The van der Waals surface area contributed by atoms with Gasteiger partial charge in [0.15, 0.2) is 0 Å². The van der Waals surface area contributed by atoms with Crippen molar-refractivity contribution in [3.05, 3.63) is 76.2 Å². The summed E-state index contributed by atoms with van der Waals surface area (Å²) < 4.78 is 0. The highest BCUT2D eigenvalue weighted by Crippen LogP contribution is 2.40. The molecule has 1 aliphatic heterocycles. The van der Waals surface area contributed by atoms with Gasteiger partial charge in [0.25, 0.3) is 0 Å². The van der Waals surface area contributed by atoms with Crippen molar-refractivity contribution >= 4 is 51.5 Å². The summed E-state index contributed by atoms with van der Waals surface area (Å²) in [5, 5.41) is 16.0. The Morgan fingerprint density at radius 1 is 1.05 bits per heavy atom. The number of nitriles is 1. The number of fused-ring (bicyclic) bond motifs is 1. The van der Waals surface area contributed by atoms with Crippen molar-refractivity contribution < 1.29 is 14.4 Å². The molecule has 40 heavy (non-hydrogen) atoms.